The fourth-order valence-corrected chi connectivity index (χ4v) is 2.54. The Labute approximate surface area is 134 Å². The van der Waals surface area contributed by atoms with Gasteiger partial charge in [0.2, 0.25) is 0 Å². The van der Waals surface area contributed by atoms with Crippen molar-refractivity contribution in [2.45, 2.75) is 6.92 Å². The molecule has 0 radical (unpaired) electrons. The number of nitrogens with one attached hydrogen (secondary N) is 1. The Kier molecular flexibility index (Phi) is 4.31. The first-order chi connectivity index (χ1) is 10.6. The van der Waals surface area contributed by atoms with Gasteiger partial charge >= 0.3 is 0 Å². The molecule has 0 spiro atoms. The zero-order chi connectivity index (χ0) is 15.5. The highest BCUT2D eigenvalue weighted by Gasteiger charge is 2.18. The van der Waals surface area contributed by atoms with E-state index in [1.165, 1.54) is 6.33 Å². The fourth-order valence-electron chi connectivity index (χ4n) is 2.37. The molecule has 0 saturated carbocycles. The van der Waals surface area contributed by atoms with Crippen molar-refractivity contribution >= 4 is 34.6 Å². The molecule has 0 aliphatic carbocycles. The van der Waals surface area contributed by atoms with Gasteiger partial charge < -0.3 is 20.7 Å². The lowest BCUT2D eigenvalue weighted by Crippen LogP contribution is -2.37. The van der Waals surface area contributed by atoms with Crippen molar-refractivity contribution < 1.29 is 4.74 Å². The summed E-state index contributed by atoms with van der Waals surface area (Å²) in [5.74, 6) is 1.32. The van der Waals surface area contributed by atoms with Gasteiger partial charge in [-0.3, -0.25) is 0 Å². The molecular weight excluding hydrogens is 302 g/mol. The SMILES string of the molecule is Cc1ccc(Cl)cc1Nc1ncnc(N2CCOCC2)c1N. The quantitative estimate of drug-likeness (QED) is 0.905. The Balaban J connectivity index is 1.89. The molecule has 0 bridgehead atoms. The van der Waals surface area contributed by atoms with Crippen molar-refractivity contribution in [3.05, 3.63) is 35.1 Å². The van der Waals surface area contributed by atoms with Crippen molar-refractivity contribution in [3.63, 3.8) is 0 Å². The zero-order valence-corrected chi connectivity index (χ0v) is 13.1. The van der Waals surface area contributed by atoms with Gasteiger partial charge in [-0.15, -0.1) is 0 Å². The van der Waals surface area contributed by atoms with E-state index < -0.39 is 0 Å². The Morgan fingerprint density at radius 3 is 2.82 bits per heavy atom. The molecule has 2 heterocycles. The van der Waals surface area contributed by atoms with Crippen LogP contribution in [0.1, 0.15) is 5.56 Å². The molecule has 3 rings (SSSR count). The van der Waals surface area contributed by atoms with Crippen molar-refractivity contribution in [2.75, 3.05) is 42.3 Å². The predicted molar refractivity (Wildman–Crippen MR) is 88.9 cm³/mol. The molecule has 3 N–H and O–H groups in total. The van der Waals surface area contributed by atoms with Gasteiger partial charge in [-0.2, -0.15) is 0 Å². The Morgan fingerprint density at radius 1 is 1.27 bits per heavy atom. The number of anilines is 4. The van der Waals surface area contributed by atoms with E-state index in [0.717, 1.165) is 30.2 Å². The largest absolute Gasteiger partial charge is 0.393 e. The summed E-state index contributed by atoms with van der Waals surface area (Å²) in [4.78, 5) is 10.7. The normalized spacial score (nSPS) is 14.9. The van der Waals surface area contributed by atoms with E-state index in [1.807, 2.05) is 25.1 Å². The molecule has 1 aliphatic rings. The topological polar surface area (TPSA) is 76.3 Å². The fraction of sp³-hybridized carbons (Fsp3) is 0.333. The highest BCUT2D eigenvalue weighted by atomic mass is 35.5. The minimum atomic E-state index is 0.531. The van der Waals surface area contributed by atoms with Crippen LogP contribution in [0.15, 0.2) is 24.5 Å². The van der Waals surface area contributed by atoms with Gasteiger partial charge in [-0.25, -0.2) is 9.97 Å². The second kappa shape index (κ2) is 6.37. The minimum absolute atomic E-state index is 0.531. The Bertz CT molecular complexity index is 673. The second-order valence-electron chi connectivity index (χ2n) is 5.14. The van der Waals surface area contributed by atoms with Gasteiger partial charge in [0, 0.05) is 23.8 Å². The first-order valence-electron chi connectivity index (χ1n) is 7.11. The van der Waals surface area contributed by atoms with E-state index in [9.17, 15) is 0 Å². The number of ether oxygens (including phenoxy) is 1. The molecule has 1 aliphatic heterocycles. The summed E-state index contributed by atoms with van der Waals surface area (Å²) < 4.78 is 5.36. The van der Waals surface area contributed by atoms with Crippen LogP contribution in [0.3, 0.4) is 0 Å². The van der Waals surface area contributed by atoms with Gasteiger partial charge in [0.15, 0.2) is 11.6 Å². The average molecular weight is 320 g/mol. The van der Waals surface area contributed by atoms with E-state index in [-0.39, 0.29) is 0 Å². The number of benzene rings is 1. The smallest absolute Gasteiger partial charge is 0.159 e. The van der Waals surface area contributed by atoms with Crippen LogP contribution in [-0.2, 0) is 4.74 Å². The highest BCUT2D eigenvalue weighted by molar-refractivity contribution is 6.30. The lowest BCUT2D eigenvalue weighted by atomic mass is 10.2. The van der Waals surface area contributed by atoms with Crippen LogP contribution in [0.5, 0.6) is 0 Å². The molecule has 1 fully saturated rings. The van der Waals surface area contributed by atoms with Gasteiger partial charge in [-0.1, -0.05) is 17.7 Å². The minimum Gasteiger partial charge on any atom is -0.393 e. The molecule has 0 atom stereocenters. The van der Waals surface area contributed by atoms with Crippen LogP contribution in [0.25, 0.3) is 0 Å². The Hall–Kier alpha value is -2.05. The zero-order valence-electron chi connectivity index (χ0n) is 12.3. The predicted octanol–water partition coefficient (Wildman–Crippen LogP) is 2.60. The number of hydrogen-bond donors (Lipinski definition) is 2. The maximum absolute atomic E-state index is 6.25. The molecule has 22 heavy (non-hydrogen) atoms. The van der Waals surface area contributed by atoms with Gasteiger partial charge in [0.05, 0.1) is 13.2 Å². The number of nitrogens with zero attached hydrogens (tertiary/aromatic N) is 3. The first-order valence-corrected chi connectivity index (χ1v) is 7.49. The number of nitrogen functional groups attached to an aromatic ring is 1. The molecular formula is C15H18ClN5O. The van der Waals surface area contributed by atoms with Crippen molar-refractivity contribution in [3.8, 4) is 0 Å². The lowest BCUT2D eigenvalue weighted by molar-refractivity contribution is 0.122. The summed E-state index contributed by atoms with van der Waals surface area (Å²) in [5, 5.41) is 3.90. The summed E-state index contributed by atoms with van der Waals surface area (Å²) in [7, 11) is 0. The summed E-state index contributed by atoms with van der Waals surface area (Å²) in [6.07, 6.45) is 1.52. The molecule has 116 valence electrons. The van der Waals surface area contributed by atoms with E-state index in [2.05, 4.69) is 20.2 Å². The van der Waals surface area contributed by atoms with E-state index in [0.29, 0.717) is 29.7 Å². The number of hydrogen-bond acceptors (Lipinski definition) is 6. The molecule has 1 aromatic heterocycles. The van der Waals surface area contributed by atoms with Gasteiger partial charge in [0.1, 0.15) is 12.0 Å². The van der Waals surface area contributed by atoms with Crippen LogP contribution in [0, 0.1) is 6.92 Å². The third kappa shape index (κ3) is 3.08. The highest BCUT2D eigenvalue weighted by Crippen LogP contribution is 2.30. The molecule has 0 unspecified atom stereocenters. The lowest BCUT2D eigenvalue weighted by Gasteiger charge is -2.29. The number of morpholine rings is 1. The molecule has 1 saturated heterocycles. The average Bonchev–Trinajstić information content (AvgIpc) is 2.54. The van der Waals surface area contributed by atoms with Crippen molar-refractivity contribution in [1.82, 2.24) is 9.97 Å². The molecule has 0 amide bonds. The molecule has 6 nitrogen and oxygen atoms in total. The standard InChI is InChI=1S/C15H18ClN5O/c1-10-2-3-11(16)8-12(10)20-14-13(17)15(19-9-18-14)21-4-6-22-7-5-21/h2-3,8-9H,4-7,17H2,1H3,(H,18,19,20). The summed E-state index contributed by atoms with van der Waals surface area (Å²) in [5.41, 5.74) is 8.72. The number of rotatable bonds is 3. The Morgan fingerprint density at radius 2 is 2.05 bits per heavy atom. The van der Waals surface area contributed by atoms with Crippen LogP contribution in [0.4, 0.5) is 23.0 Å². The maximum atomic E-state index is 6.25. The summed E-state index contributed by atoms with van der Waals surface area (Å²) >= 11 is 6.05. The monoisotopic (exact) mass is 319 g/mol. The summed E-state index contributed by atoms with van der Waals surface area (Å²) in [6.45, 7) is 4.91. The van der Waals surface area contributed by atoms with Gasteiger partial charge in [0.25, 0.3) is 0 Å². The molecule has 2 aromatic rings. The van der Waals surface area contributed by atoms with Gasteiger partial charge in [-0.05, 0) is 24.6 Å². The van der Waals surface area contributed by atoms with E-state index in [4.69, 9.17) is 22.1 Å². The maximum Gasteiger partial charge on any atom is 0.159 e. The van der Waals surface area contributed by atoms with Crippen molar-refractivity contribution in [1.29, 1.82) is 0 Å². The van der Waals surface area contributed by atoms with E-state index in [1.54, 1.807) is 0 Å². The number of aryl methyl sites for hydroxylation is 1. The third-order valence-corrected chi connectivity index (χ3v) is 3.86. The van der Waals surface area contributed by atoms with Crippen LogP contribution in [0.2, 0.25) is 5.02 Å². The van der Waals surface area contributed by atoms with Crippen LogP contribution in [-0.4, -0.2) is 36.3 Å². The second-order valence-corrected chi connectivity index (χ2v) is 5.58. The summed E-state index contributed by atoms with van der Waals surface area (Å²) in [6, 6.07) is 5.66. The van der Waals surface area contributed by atoms with Crippen molar-refractivity contribution in [2.24, 2.45) is 0 Å². The van der Waals surface area contributed by atoms with Crippen LogP contribution >= 0.6 is 11.6 Å². The first kappa shape index (κ1) is 14.9. The number of aromatic nitrogens is 2. The number of halogens is 1. The number of nitrogens with two attached hydrogens (primary N) is 1. The van der Waals surface area contributed by atoms with Crippen LogP contribution < -0.4 is 16.0 Å². The van der Waals surface area contributed by atoms with E-state index >= 15 is 0 Å². The third-order valence-electron chi connectivity index (χ3n) is 3.63. The molecule has 7 heteroatoms. The molecule has 1 aromatic carbocycles.